The Morgan fingerprint density at radius 2 is 1.94 bits per heavy atom. The summed E-state index contributed by atoms with van der Waals surface area (Å²) in [7, 11) is -3.28. The Labute approximate surface area is 105 Å². The maximum absolute atomic E-state index is 11.8. The highest BCUT2D eigenvalue weighted by atomic mass is 79.9. The van der Waals surface area contributed by atoms with E-state index in [1.165, 1.54) is 0 Å². The van der Waals surface area contributed by atoms with Gasteiger partial charge in [0.15, 0.2) is 0 Å². The van der Waals surface area contributed by atoms with E-state index in [0.717, 1.165) is 10.0 Å². The zero-order valence-electron chi connectivity index (χ0n) is 9.62. The third-order valence-corrected chi connectivity index (χ3v) is 3.84. The number of hydrogen-bond donors (Lipinski definition) is 1. The minimum atomic E-state index is -3.28. The quantitative estimate of drug-likeness (QED) is 0.933. The molecule has 3 nitrogen and oxygen atoms in total. The molecule has 0 aliphatic heterocycles. The van der Waals surface area contributed by atoms with E-state index in [1.54, 1.807) is 6.07 Å². The van der Waals surface area contributed by atoms with Gasteiger partial charge in [0, 0.05) is 10.0 Å². The summed E-state index contributed by atoms with van der Waals surface area (Å²) in [6, 6.07) is 7.30. The molecule has 0 fully saturated rings. The van der Waals surface area contributed by atoms with Crippen molar-refractivity contribution in [3.8, 4) is 0 Å². The van der Waals surface area contributed by atoms with Crippen LogP contribution in [-0.4, -0.2) is 14.0 Å². The Morgan fingerprint density at radius 3 is 2.44 bits per heavy atom. The number of nitrogens with one attached hydrogen (secondary N) is 1. The molecule has 5 heteroatoms. The monoisotopic (exact) mass is 305 g/mol. The summed E-state index contributed by atoms with van der Waals surface area (Å²) < 4.78 is 27.1. The van der Waals surface area contributed by atoms with E-state index < -0.39 is 15.6 Å². The first kappa shape index (κ1) is 13.7. The van der Waals surface area contributed by atoms with Crippen molar-refractivity contribution in [3.63, 3.8) is 0 Å². The van der Waals surface area contributed by atoms with Crippen molar-refractivity contribution in [3.05, 3.63) is 34.3 Å². The minimum Gasteiger partial charge on any atom is -0.212 e. The van der Waals surface area contributed by atoms with Crippen LogP contribution in [0.1, 0.15) is 26.3 Å². The molecule has 0 aliphatic rings. The lowest BCUT2D eigenvalue weighted by Crippen LogP contribution is -2.41. The highest BCUT2D eigenvalue weighted by molar-refractivity contribution is 9.10. The summed E-state index contributed by atoms with van der Waals surface area (Å²) >= 11 is 3.32. The number of halogens is 1. The first-order valence-corrected chi connectivity index (χ1v) is 7.39. The van der Waals surface area contributed by atoms with Crippen molar-refractivity contribution >= 4 is 26.0 Å². The van der Waals surface area contributed by atoms with Gasteiger partial charge in [-0.3, -0.25) is 0 Å². The molecule has 16 heavy (non-hydrogen) atoms. The summed E-state index contributed by atoms with van der Waals surface area (Å²) in [4.78, 5) is 0. The molecule has 0 saturated heterocycles. The summed E-state index contributed by atoms with van der Waals surface area (Å²) in [5.74, 6) is 0.00368. The van der Waals surface area contributed by atoms with Crippen LogP contribution in [0.4, 0.5) is 0 Å². The Morgan fingerprint density at radius 1 is 1.31 bits per heavy atom. The lowest BCUT2D eigenvalue weighted by molar-refractivity contribution is 0.491. The molecule has 0 radical (unpaired) electrons. The zero-order chi connectivity index (χ0) is 12.4. The Bertz CT molecular complexity index is 463. The average molecular weight is 306 g/mol. The molecule has 1 rings (SSSR count). The first-order valence-electron chi connectivity index (χ1n) is 4.94. The molecule has 0 atom stereocenters. The van der Waals surface area contributed by atoms with Crippen LogP contribution >= 0.6 is 15.9 Å². The lowest BCUT2D eigenvalue weighted by Gasteiger charge is -2.20. The van der Waals surface area contributed by atoms with Crippen LogP contribution in [-0.2, 0) is 15.8 Å². The molecule has 1 N–H and O–H groups in total. The van der Waals surface area contributed by atoms with Crippen molar-refractivity contribution < 1.29 is 8.42 Å². The fourth-order valence-electron chi connectivity index (χ4n) is 1.35. The standard InChI is InChI=1S/C11H16BrNO2S/c1-11(2,3)13-16(14,15)8-9-5-4-6-10(12)7-9/h4-7,13H,8H2,1-3H3. The predicted octanol–water partition coefficient (Wildman–Crippen LogP) is 2.67. The van der Waals surface area contributed by atoms with Gasteiger partial charge in [-0.25, -0.2) is 13.1 Å². The van der Waals surface area contributed by atoms with Crippen LogP contribution in [0.15, 0.2) is 28.7 Å². The van der Waals surface area contributed by atoms with Crippen LogP contribution in [0.5, 0.6) is 0 Å². The van der Waals surface area contributed by atoms with Gasteiger partial charge in [0.05, 0.1) is 5.75 Å². The van der Waals surface area contributed by atoms with E-state index in [-0.39, 0.29) is 5.75 Å². The largest absolute Gasteiger partial charge is 0.216 e. The van der Waals surface area contributed by atoms with E-state index in [0.29, 0.717) is 0 Å². The van der Waals surface area contributed by atoms with Crippen molar-refractivity contribution in [2.75, 3.05) is 0 Å². The van der Waals surface area contributed by atoms with Gasteiger partial charge in [0.1, 0.15) is 0 Å². The van der Waals surface area contributed by atoms with Gasteiger partial charge < -0.3 is 0 Å². The second-order valence-corrected chi connectivity index (χ2v) is 7.38. The van der Waals surface area contributed by atoms with E-state index in [1.807, 2.05) is 39.0 Å². The van der Waals surface area contributed by atoms with Gasteiger partial charge >= 0.3 is 0 Å². The predicted molar refractivity (Wildman–Crippen MR) is 69.7 cm³/mol. The topological polar surface area (TPSA) is 46.2 Å². The molecule has 0 spiro atoms. The number of hydrogen-bond acceptors (Lipinski definition) is 2. The zero-order valence-corrected chi connectivity index (χ0v) is 12.0. The number of rotatable bonds is 3. The molecule has 0 aromatic heterocycles. The van der Waals surface area contributed by atoms with E-state index >= 15 is 0 Å². The maximum Gasteiger partial charge on any atom is 0.216 e. The summed E-state index contributed by atoms with van der Waals surface area (Å²) in [5, 5.41) is 0. The van der Waals surface area contributed by atoms with E-state index in [9.17, 15) is 8.42 Å². The molecule has 1 aromatic rings. The van der Waals surface area contributed by atoms with Gasteiger partial charge in [-0.1, -0.05) is 28.1 Å². The molecule has 0 bridgehead atoms. The third-order valence-electron chi connectivity index (χ3n) is 1.71. The smallest absolute Gasteiger partial charge is 0.212 e. The highest BCUT2D eigenvalue weighted by Gasteiger charge is 2.20. The molecule has 0 amide bonds. The Hall–Kier alpha value is -0.390. The molecule has 0 unspecified atom stereocenters. The Balaban J connectivity index is 2.81. The van der Waals surface area contributed by atoms with Gasteiger partial charge in [-0.2, -0.15) is 0 Å². The van der Waals surface area contributed by atoms with Gasteiger partial charge in [0.25, 0.3) is 0 Å². The van der Waals surface area contributed by atoms with Gasteiger partial charge in [-0.15, -0.1) is 0 Å². The van der Waals surface area contributed by atoms with Crippen LogP contribution in [0, 0.1) is 0 Å². The second-order valence-electron chi connectivity index (χ2n) is 4.74. The second kappa shape index (κ2) is 4.85. The van der Waals surface area contributed by atoms with Crippen LogP contribution < -0.4 is 4.72 Å². The molecule has 1 aromatic carbocycles. The number of benzene rings is 1. The van der Waals surface area contributed by atoms with E-state index in [2.05, 4.69) is 20.7 Å². The minimum absolute atomic E-state index is 0.00368. The first-order chi connectivity index (χ1) is 7.18. The van der Waals surface area contributed by atoms with E-state index in [4.69, 9.17) is 0 Å². The molecule has 90 valence electrons. The van der Waals surface area contributed by atoms with Gasteiger partial charge in [0.2, 0.25) is 10.0 Å². The molecule has 0 saturated carbocycles. The summed E-state index contributed by atoms with van der Waals surface area (Å²) in [5.41, 5.74) is 0.330. The molecule has 0 aliphatic carbocycles. The Kier molecular flexibility index (Phi) is 4.15. The highest BCUT2D eigenvalue weighted by Crippen LogP contribution is 2.14. The van der Waals surface area contributed by atoms with Crippen LogP contribution in [0.3, 0.4) is 0 Å². The average Bonchev–Trinajstić information content (AvgIpc) is 1.96. The normalized spacial score (nSPS) is 12.8. The maximum atomic E-state index is 11.8. The van der Waals surface area contributed by atoms with Crippen molar-refractivity contribution in [2.45, 2.75) is 32.1 Å². The third kappa shape index (κ3) is 5.09. The van der Waals surface area contributed by atoms with Crippen molar-refractivity contribution in [1.29, 1.82) is 0 Å². The van der Waals surface area contributed by atoms with Crippen LogP contribution in [0.25, 0.3) is 0 Å². The summed E-state index contributed by atoms with van der Waals surface area (Å²) in [6.45, 7) is 5.47. The number of sulfonamides is 1. The summed E-state index contributed by atoms with van der Waals surface area (Å²) in [6.07, 6.45) is 0. The molecular weight excluding hydrogens is 290 g/mol. The lowest BCUT2D eigenvalue weighted by atomic mass is 10.1. The molecule has 0 heterocycles. The van der Waals surface area contributed by atoms with Crippen molar-refractivity contribution in [2.24, 2.45) is 0 Å². The van der Waals surface area contributed by atoms with Gasteiger partial charge in [-0.05, 0) is 38.5 Å². The molecular formula is C11H16BrNO2S. The van der Waals surface area contributed by atoms with Crippen LogP contribution in [0.2, 0.25) is 0 Å². The van der Waals surface area contributed by atoms with Crippen molar-refractivity contribution in [1.82, 2.24) is 4.72 Å². The SMILES string of the molecule is CC(C)(C)NS(=O)(=O)Cc1cccc(Br)c1. The fraction of sp³-hybridized carbons (Fsp3) is 0.455. The fourth-order valence-corrected chi connectivity index (χ4v) is 3.42.